The summed E-state index contributed by atoms with van der Waals surface area (Å²) in [5, 5.41) is 1.22. The molecule has 184 valence electrons. The zero-order valence-electron chi connectivity index (χ0n) is 22.0. The first-order valence-electron chi connectivity index (χ1n) is 12.5. The summed E-state index contributed by atoms with van der Waals surface area (Å²) in [6.45, 7) is 20.5. The van der Waals surface area contributed by atoms with Gasteiger partial charge >= 0.3 is 11.9 Å². The normalized spacial score (nSPS) is 12.4. The summed E-state index contributed by atoms with van der Waals surface area (Å²) in [6.07, 6.45) is 1.01. The molecule has 2 rings (SSSR count). The van der Waals surface area contributed by atoms with Crippen LogP contribution in [0.5, 0.6) is 0 Å². The molecule has 0 saturated carbocycles. The van der Waals surface area contributed by atoms with Gasteiger partial charge in [-0.25, -0.2) is 0 Å². The van der Waals surface area contributed by atoms with E-state index in [-0.39, 0.29) is 13.2 Å². The molecule has 6 heteroatoms. The third-order valence-electron chi connectivity index (χ3n) is 7.23. The van der Waals surface area contributed by atoms with E-state index in [1.165, 1.54) is 22.2 Å². The van der Waals surface area contributed by atoms with Gasteiger partial charge in [-0.15, -0.1) is 0 Å². The Balaban J connectivity index is 2.63. The number of benzene rings is 1. The number of ether oxygens (including phenoxy) is 2. The number of nitrogens with zero attached hydrogens (tertiary/aromatic N) is 1. The van der Waals surface area contributed by atoms with E-state index in [1.54, 1.807) is 13.8 Å². The molecule has 33 heavy (non-hydrogen) atoms. The number of fused-ring (bicyclic) bond motifs is 1. The molecule has 1 aromatic carbocycles. The van der Waals surface area contributed by atoms with Crippen molar-refractivity contribution in [2.24, 2.45) is 5.92 Å². The molecule has 0 unspecified atom stereocenters. The van der Waals surface area contributed by atoms with Crippen LogP contribution in [0.3, 0.4) is 0 Å². The number of hydrogen-bond donors (Lipinski definition) is 0. The lowest BCUT2D eigenvalue weighted by Gasteiger charge is -2.45. The molecule has 0 aliphatic rings. The van der Waals surface area contributed by atoms with E-state index >= 15 is 0 Å². The average molecular weight is 474 g/mol. The van der Waals surface area contributed by atoms with Crippen molar-refractivity contribution in [1.82, 2.24) is 4.23 Å². The Morgan fingerprint density at radius 1 is 0.879 bits per heavy atom. The van der Waals surface area contributed by atoms with Gasteiger partial charge in [0.2, 0.25) is 0 Å². The maximum atomic E-state index is 12.5. The Hall–Kier alpha value is -2.08. The summed E-state index contributed by atoms with van der Waals surface area (Å²) in [5.41, 5.74) is 5.45. The van der Waals surface area contributed by atoms with Crippen LogP contribution in [0.15, 0.2) is 24.3 Å². The van der Waals surface area contributed by atoms with Gasteiger partial charge in [-0.05, 0) is 61.9 Å². The molecule has 0 N–H and O–H groups in total. The minimum Gasteiger partial charge on any atom is -0.465 e. The van der Waals surface area contributed by atoms with Crippen molar-refractivity contribution in [2.45, 2.75) is 91.8 Å². The summed E-state index contributed by atoms with van der Waals surface area (Å²) in [6, 6.07) is 8.60. The van der Waals surface area contributed by atoms with Crippen molar-refractivity contribution in [3.63, 3.8) is 0 Å². The van der Waals surface area contributed by atoms with E-state index in [4.69, 9.17) is 9.47 Å². The second-order valence-corrected chi connectivity index (χ2v) is 15.5. The van der Waals surface area contributed by atoms with Crippen LogP contribution in [0.4, 0.5) is 0 Å². The first-order valence-corrected chi connectivity index (χ1v) is 14.7. The second kappa shape index (κ2) is 11.4. The number of para-hydroxylation sites is 1. The molecule has 0 atom stereocenters. The summed E-state index contributed by atoms with van der Waals surface area (Å²) in [5.74, 6) is -1.88. The molecule has 1 heterocycles. The Bertz CT molecular complexity index is 921. The van der Waals surface area contributed by atoms with E-state index in [9.17, 15) is 9.59 Å². The molecule has 0 aliphatic heterocycles. The number of aryl methyl sites for hydroxylation is 1. The third kappa shape index (κ3) is 5.05. The van der Waals surface area contributed by atoms with E-state index in [0.717, 1.165) is 0 Å². The lowest BCUT2D eigenvalue weighted by atomic mass is 9.97. The van der Waals surface area contributed by atoms with Gasteiger partial charge in [0.1, 0.15) is 0 Å². The fraction of sp³-hybridized carbons (Fsp3) is 0.630. The highest BCUT2D eigenvalue weighted by Gasteiger charge is 2.47. The van der Waals surface area contributed by atoms with E-state index < -0.39 is 26.1 Å². The van der Waals surface area contributed by atoms with Crippen LogP contribution >= 0.6 is 0 Å². The number of carbonyl (C=O) groups is 2. The van der Waals surface area contributed by atoms with Crippen LogP contribution < -0.4 is 0 Å². The number of esters is 2. The van der Waals surface area contributed by atoms with Crippen molar-refractivity contribution in [2.75, 3.05) is 13.2 Å². The molecule has 0 bridgehead atoms. The number of rotatable bonds is 11. The molecular formula is C27H43NO4Si. The molecule has 1 aromatic heterocycles. The Kier molecular flexibility index (Phi) is 9.35. The SMILES string of the molecule is CCOC(=O)C(CCc1c(C)n([Si](C(C)C)(C(C)C)C(C)C)c2ccccc12)C(=O)OCC. The van der Waals surface area contributed by atoms with Crippen LogP contribution in [0.1, 0.15) is 73.1 Å². The quantitative estimate of drug-likeness (QED) is 0.208. The summed E-state index contributed by atoms with van der Waals surface area (Å²) >= 11 is 0. The number of aromatic nitrogens is 1. The largest absolute Gasteiger partial charge is 0.465 e. The van der Waals surface area contributed by atoms with E-state index in [2.05, 4.69) is 77.0 Å². The molecule has 0 spiro atoms. The highest BCUT2D eigenvalue weighted by Crippen LogP contribution is 2.46. The van der Waals surface area contributed by atoms with Gasteiger partial charge in [-0.2, -0.15) is 0 Å². The Morgan fingerprint density at radius 3 is 1.82 bits per heavy atom. The maximum absolute atomic E-state index is 12.5. The van der Waals surface area contributed by atoms with Crippen molar-refractivity contribution in [3.8, 4) is 0 Å². The monoisotopic (exact) mass is 473 g/mol. The fourth-order valence-corrected chi connectivity index (χ4v) is 13.0. The lowest BCUT2D eigenvalue weighted by Crippen LogP contribution is -2.52. The van der Waals surface area contributed by atoms with Gasteiger partial charge in [0.15, 0.2) is 14.2 Å². The zero-order chi connectivity index (χ0) is 24.9. The van der Waals surface area contributed by atoms with Gasteiger partial charge < -0.3 is 13.7 Å². The predicted molar refractivity (Wildman–Crippen MR) is 138 cm³/mol. The zero-order valence-corrected chi connectivity index (χ0v) is 23.0. The minimum absolute atomic E-state index is 0.248. The Labute approximate surface area is 200 Å². The first-order chi connectivity index (χ1) is 15.5. The lowest BCUT2D eigenvalue weighted by molar-refractivity contribution is -0.161. The van der Waals surface area contributed by atoms with E-state index in [0.29, 0.717) is 29.5 Å². The van der Waals surface area contributed by atoms with Crippen molar-refractivity contribution < 1.29 is 19.1 Å². The van der Waals surface area contributed by atoms with E-state index in [1.807, 2.05) is 0 Å². The van der Waals surface area contributed by atoms with Gasteiger partial charge in [0.05, 0.1) is 13.2 Å². The summed E-state index contributed by atoms with van der Waals surface area (Å²) < 4.78 is 13.1. The second-order valence-electron chi connectivity index (χ2n) is 9.86. The van der Waals surface area contributed by atoms with Crippen LogP contribution in [-0.4, -0.2) is 37.6 Å². The topological polar surface area (TPSA) is 57.5 Å². The van der Waals surface area contributed by atoms with Crippen LogP contribution in [0, 0.1) is 12.8 Å². The van der Waals surface area contributed by atoms with Crippen LogP contribution in [0.25, 0.3) is 10.9 Å². The van der Waals surface area contributed by atoms with Crippen LogP contribution in [0.2, 0.25) is 16.6 Å². The van der Waals surface area contributed by atoms with Gasteiger partial charge in [0.25, 0.3) is 0 Å². The molecule has 2 aromatic rings. The first kappa shape index (κ1) is 27.2. The molecule has 0 saturated heterocycles. The molecule has 5 nitrogen and oxygen atoms in total. The van der Waals surface area contributed by atoms with Crippen LogP contribution in [-0.2, 0) is 25.5 Å². The highest BCUT2D eigenvalue weighted by molar-refractivity contribution is 6.82. The third-order valence-corrected chi connectivity index (χ3v) is 14.1. The van der Waals surface area contributed by atoms with Gasteiger partial charge in [0, 0.05) is 16.6 Å². The van der Waals surface area contributed by atoms with Crippen molar-refractivity contribution >= 4 is 31.1 Å². The average Bonchev–Trinajstić information content (AvgIpc) is 3.01. The Morgan fingerprint density at radius 2 is 1.36 bits per heavy atom. The predicted octanol–water partition coefficient (Wildman–Crippen LogP) is 6.65. The van der Waals surface area contributed by atoms with Crippen molar-refractivity contribution in [1.29, 1.82) is 0 Å². The molecule has 0 fully saturated rings. The minimum atomic E-state index is -1.98. The van der Waals surface area contributed by atoms with Gasteiger partial charge in [-0.3, -0.25) is 9.59 Å². The van der Waals surface area contributed by atoms with Gasteiger partial charge in [-0.1, -0.05) is 59.7 Å². The summed E-state index contributed by atoms with van der Waals surface area (Å²) in [4.78, 5) is 25.1. The molecule has 0 radical (unpaired) electrons. The van der Waals surface area contributed by atoms with Crippen molar-refractivity contribution in [3.05, 3.63) is 35.5 Å². The highest BCUT2D eigenvalue weighted by atomic mass is 28.3. The summed E-state index contributed by atoms with van der Waals surface area (Å²) in [7, 11) is -1.98. The molecule has 0 amide bonds. The standard InChI is InChI=1S/C27H43NO4Si/c1-10-31-26(29)24(27(30)32-11-2)17-16-22-21(9)28(25-15-13-12-14-23(22)25)33(18(3)4,19(5)6)20(7)8/h12-15,18-20,24H,10-11,16-17H2,1-9H3. The molecule has 0 aliphatic carbocycles. The molecular weight excluding hydrogens is 430 g/mol. The number of hydrogen-bond acceptors (Lipinski definition) is 4. The smallest absolute Gasteiger partial charge is 0.320 e. The number of carbonyl (C=O) groups excluding carboxylic acids is 2. The maximum Gasteiger partial charge on any atom is 0.320 e. The fourth-order valence-electron chi connectivity index (χ4n) is 6.13.